The van der Waals surface area contributed by atoms with E-state index in [1.54, 1.807) is 38.2 Å². The first-order valence-corrected chi connectivity index (χ1v) is 8.17. The van der Waals surface area contributed by atoms with E-state index in [1.807, 2.05) is 18.2 Å². The van der Waals surface area contributed by atoms with E-state index in [9.17, 15) is 10.4 Å². The number of aliphatic hydroxyl groups is 1. The highest BCUT2D eigenvalue weighted by Gasteiger charge is 2.39. The van der Waals surface area contributed by atoms with Crippen molar-refractivity contribution in [2.24, 2.45) is 4.99 Å². The number of nitriles is 1. The summed E-state index contributed by atoms with van der Waals surface area (Å²) >= 11 is 6.24. The fourth-order valence-electron chi connectivity index (χ4n) is 3.06. The van der Waals surface area contributed by atoms with Crippen molar-refractivity contribution in [2.75, 3.05) is 12.4 Å². The second-order valence-electron chi connectivity index (χ2n) is 5.99. The van der Waals surface area contributed by atoms with E-state index < -0.39 is 5.72 Å². The number of aromatic nitrogens is 1. The van der Waals surface area contributed by atoms with Crippen LogP contribution in [0.5, 0.6) is 0 Å². The van der Waals surface area contributed by atoms with Crippen LogP contribution in [-0.4, -0.2) is 28.4 Å². The highest BCUT2D eigenvalue weighted by molar-refractivity contribution is 6.31. The summed E-state index contributed by atoms with van der Waals surface area (Å²) in [7, 11) is 1.70. The fraction of sp³-hybridized carbons (Fsp3) is 0.278. The third kappa shape index (κ3) is 2.82. The van der Waals surface area contributed by atoms with Crippen molar-refractivity contribution in [3.63, 3.8) is 0 Å². The zero-order chi connectivity index (χ0) is 18.2. The van der Waals surface area contributed by atoms with Gasteiger partial charge in [-0.2, -0.15) is 5.26 Å². The Morgan fingerprint density at radius 3 is 2.76 bits per heavy atom. The van der Waals surface area contributed by atoms with E-state index in [0.717, 1.165) is 5.56 Å². The average molecular weight is 356 g/mol. The lowest BCUT2D eigenvalue weighted by atomic mass is 9.95. The molecule has 0 spiro atoms. The van der Waals surface area contributed by atoms with Crippen LogP contribution in [-0.2, 0) is 12.3 Å². The van der Waals surface area contributed by atoms with Crippen molar-refractivity contribution < 1.29 is 5.11 Å². The number of hydrogen-bond acceptors (Lipinski definition) is 6. The van der Waals surface area contributed by atoms with Crippen molar-refractivity contribution >= 4 is 29.4 Å². The maximum atomic E-state index is 11.2. The van der Waals surface area contributed by atoms with E-state index in [-0.39, 0.29) is 0 Å². The summed E-state index contributed by atoms with van der Waals surface area (Å²) in [5.41, 5.74) is 1.40. The van der Waals surface area contributed by atoms with Gasteiger partial charge in [0, 0.05) is 24.3 Å². The van der Waals surface area contributed by atoms with E-state index >= 15 is 0 Å². The zero-order valence-corrected chi connectivity index (χ0v) is 15.0. The number of anilines is 1. The molecule has 1 unspecified atom stereocenters. The van der Waals surface area contributed by atoms with Crippen LogP contribution in [0.2, 0.25) is 5.02 Å². The summed E-state index contributed by atoms with van der Waals surface area (Å²) in [5, 5.41) is 24.2. The number of hydrogen-bond donors (Lipinski definition) is 2. The molecule has 2 heterocycles. The minimum Gasteiger partial charge on any atom is -0.372 e. The molecule has 0 saturated heterocycles. The number of aryl methyl sites for hydroxylation is 1. The zero-order valence-electron chi connectivity index (χ0n) is 14.2. The van der Waals surface area contributed by atoms with Crippen LogP contribution in [0.15, 0.2) is 29.3 Å². The lowest BCUT2D eigenvalue weighted by Crippen LogP contribution is -2.45. The van der Waals surface area contributed by atoms with E-state index in [0.29, 0.717) is 39.9 Å². The van der Waals surface area contributed by atoms with Gasteiger partial charge in [0.2, 0.25) is 0 Å². The van der Waals surface area contributed by atoms with Crippen LogP contribution in [0, 0.1) is 18.3 Å². The van der Waals surface area contributed by atoms with Crippen molar-refractivity contribution in [1.29, 1.82) is 5.26 Å². The molecule has 2 N–H and O–H groups in total. The van der Waals surface area contributed by atoms with Crippen LogP contribution in [0.3, 0.4) is 0 Å². The molecule has 0 saturated carbocycles. The van der Waals surface area contributed by atoms with Gasteiger partial charge in [-0.3, -0.25) is 0 Å². The second kappa shape index (κ2) is 6.36. The summed E-state index contributed by atoms with van der Waals surface area (Å²) in [5.74, 6) is 0.450. The van der Waals surface area contributed by atoms with Gasteiger partial charge < -0.3 is 15.3 Å². The molecule has 1 atom stereocenters. The smallest absolute Gasteiger partial charge is 0.166 e. The average Bonchev–Trinajstić information content (AvgIpc) is 2.58. The topological polar surface area (TPSA) is 84.5 Å². The standard InChI is InChI=1S/C18H18ClN5O/c1-11-15-16(13(8-20)17(21-3)23-11)22-10-24(18(15,2)25)9-12-6-4-5-7-14(12)19/h4-7,10,25H,9H2,1-3H3,(H,21,23). The van der Waals surface area contributed by atoms with E-state index in [1.165, 1.54) is 0 Å². The quantitative estimate of drug-likeness (QED) is 0.882. The molecule has 0 amide bonds. The lowest BCUT2D eigenvalue weighted by molar-refractivity contribution is -0.0630. The van der Waals surface area contributed by atoms with Gasteiger partial charge in [-0.1, -0.05) is 29.8 Å². The Kier molecular flexibility index (Phi) is 4.38. The SMILES string of the molecule is CNc1nc(C)c2c(c1C#N)N=CN(Cc1ccccc1Cl)C2(C)O. The van der Waals surface area contributed by atoms with Crippen LogP contribution in [0.25, 0.3) is 0 Å². The van der Waals surface area contributed by atoms with Gasteiger partial charge in [0.05, 0.1) is 17.6 Å². The minimum atomic E-state index is -1.37. The lowest BCUT2D eigenvalue weighted by Gasteiger charge is -2.40. The monoisotopic (exact) mass is 355 g/mol. The number of aliphatic imine (C=N–C) groups is 1. The number of nitrogens with zero attached hydrogens (tertiary/aromatic N) is 4. The first-order chi connectivity index (χ1) is 11.9. The molecule has 3 rings (SSSR count). The first kappa shape index (κ1) is 17.2. The third-order valence-electron chi connectivity index (χ3n) is 4.36. The summed E-state index contributed by atoms with van der Waals surface area (Å²) < 4.78 is 0. The molecule has 0 aliphatic carbocycles. The Morgan fingerprint density at radius 1 is 1.40 bits per heavy atom. The Hall–Kier alpha value is -2.62. The van der Waals surface area contributed by atoms with E-state index in [4.69, 9.17) is 11.6 Å². The molecule has 1 aliphatic heterocycles. The number of halogens is 1. The van der Waals surface area contributed by atoms with Crippen molar-refractivity contribution in [3.8, 4) is 6.07 Å². The molecular weight excluding hydrogens is 338 g/mol. The normalized spacial score (nSPS) is 18.6. The largest absolute Gasteiger partial charge is 0.372 e. The summed E-state index contributed by atoms with van der Waals surface area (Å²) in [6, 6.07) is 9.58. The van der Waals surface area contributed by atoms with Crippen LogP contribution >= 0.6 is 11.6 Å². The Morgan fingerprint density at radius 2 is 2.12 bits per heavy atom. The highest BCUT2D eigenvalue weighted by Crippen LogP contribution is 2.42. The highest BCUT2D eigenvalue weighted by atomic mass is 35.5. The number of benzene rings is 1. The second-order valence-corrected chi connectivity index (χ2v) is 6.40. The van der Waals surface area contributed by atoms with Crippen LogP contribution in [0.1, 0.15) is 29.3 Å². The first-order valence-electron chi connectivity index (χ1n) is 7.79. The summed E-state index contributed by atoms with van der Waals surface area (Å²) in [6.45, 7) is 3.84. The molecule has 0 radical (unpaired) electrons. The Balaban J connectivity index is 2.10. The molecule has 6 nitrogen and oxygen atoms in total. The predicted octanol–water partition coefficient (Wildman–Crippen LogP) is 3.30. The maximum absolute atomic E-state index is 11.2. The van der Waals surface area contributed by atoms with Crippen LogP contribution in [0.4, 0.5) is 11.5 Å². The molecule has 128 valence electrons. The van der Waals surface area contributed by atoms with Gasteiger partial charge in [0.1, 0.15) is 17.5 Å². The molecule has 7 heteroatoms. The molecule has 2 aromatic rings. The molecule has 25 heavy (non-hydrogen) atoms. The minimum absolute atomic E-state index is 0.317. The predicted molar refractivity (Wildman–Crippen MR) is 98.0 cm³/mol. The molecular formula is C18H18ClN5O. The number of nitrogens with one attached hydrogen (secondary N) is 1. The number of rotatable bonds is 3. The molecule has 1 aromatic heterocycles. The Bertz CT molecular complexity index is 901. The van der Waals surface area contributed by atoms with E-state index in [2.05, 4.69) is 21.4 Å². The maximum Gasteiger partial charge on any atom is 0.166 e. The molecule has 1 aliphatic rings. The summed E-state index contributed by atoms with van der Waals surface area (Å²) in [6.07, 6.45) is 1.55. The van der Waals surface area contributed by atoms with Crippen molar-refractivity contribution in [1.82, 2.24) is 9.88 Å². The third-order valence-corrected chi connectivity index (χ3v) is 4.73. The van der Waals surface area contributed by atoms with Crippen molar-refractivity contribution in [3.05, 3.63) is 51.7 Å². The summed E-state index contributed by atoms with van der Waals surface area (Å²) in [4.78, 5) is 10.5. The van der Waals surface area contributed by atoms with Crippen molar-refractivity contribution in [2.45, 2.75) is 26.1 Å². The fourth-order valence-corrected chi connectivity index (χ4v) is 3.25. The van der Waals surface area contributed by atoms with Gasteiger partial charge >= 0.3 is 0 Å². The van der Waals surface area contributed by atoms with Gasteiger partial charge in [-0.25, -0.2) is 9.98 Å². The Labute approximate surface area is 151 Å². The molecule has 1 aromatic carbocycles. The number of fused-ring (bicyclic) bond motifs is 1. The molecule has 0 bridgehead atoms. The molecule has 0 fully saturated rings. The van der Waals surface area contributed by atoms with Gasteiger partial charge in [0.25, 0.3) is 0 Å². The van der Waals surface area contributed by atoms with Gasteiger partial charge in [-0.05, 0) is 25.5 Å². The van der Waals surface area contributed by atoms with Gasteiger partial charge in [0.15, 0.2) is 5.72 Å². The van der Waals surface area contributed by atoms with Crippen LogP contribution < -0.4 is 5.32 Å². The number of pyridine rings is 1. The van der Waals surface area contributed by atoms with Gasteiger partial charge in [-0.15, -0.1) is 0 Å².